The van der Waals surface area contributed by atoms with E-state index in [9.17, 15) is 0 Å². The fraction of sp³-hybridized carbons (Fsp3) is 0.765. The van der Waals surface area contributed by atoms with Crippen LogP contribution in [-0.4, -0.2) is 58.5 Å². The van der Waals surface area contributed by atoms with E-state index in [0.29, 0.717) is 5.92 Å². The lowest BCUT2D eigenvalue weighted by atomic mass is 10.0. The maximum absolute atomic E-state index is 4.67. The number of hydrogen-bond donors (Lipinski definition) is 0. The Bertz CT molecular complexity index is 459. The van der Waals surface area contributed by atoms with Gasteiger partial charge in [-0.3, -0.25) is 4.90 Å². The Labute approximate surface area is 128 Å². The first-order valence-corrected chi connectivity index (χ1v) is 8.44. The van der Waals surface area contributed by atoms with Crippen molar-refractivity contribution in [1.29, 1.82) is 0 Å². The van der Waals surface area contributed by atoms with Gasteiger partial charge in [0.1, 0.15) is 5.82 Å². The molecule has 116 valence electrons. The summed E-state index contributed by atoms with van der Waals surface area (Å²) in [7, 11) is 0. The lowest BCUT2D eigenvalue weighted by Crippen LogP contribution is -2.43. The normalized spacial score (nSPS) is 25.6. The number of likely N-dealkylation sites (tertiary alicyclic amines) is 2. The molecule has 3 heterocycles. The third kappa shape index (κ3) is 3.43. The summed E-state index contributed by atoms with van der Waals surface area (Å²) in [4.78, 5) is 14.6. The van der Waals surface area contributed by atoms with Crippen molar-refractivity contribution in [1.82, 2.24) is 19.8 Å². The second-order valence-electron chi connectivity index (χ2n) is 6.65. The Morgan fingerprint density at radius 3 is 2.33 bits per heavy atom. The van der Waals surface area contributed by atoms with Gasteiger partial charge in [0, 0.05) is 29.9 Å². The number of rotatable bonds is 3. The van der Waals surface area contributed by atoms with Gasteiger partial charge >= 0.3 is 0 Å². The van der Waals surface area contributed by atoms with Crippen LogP contribution in [0.15, 0.2) is 6.07 Å². The van der Waals surface area contributed by atoms with Gasteiger partial charge in [-0.25, -0.2) is 9.97 Å². The summed E-state index contributed by atoms with van der Waals surface area (Å²) >= 11 is 0. The van der Waals surface area contributed by atoms with Crippen molar-refractivity contribution >= 4 is 0 Å². The van der Waals surface area contributed by atoms with Crippen molar-refractivity contribution in [3.8, 4) is 0 Å². The van der Waals surface area contributed by atoms with Gasteiger partial charge in [-0.15, -0.1) is 0 Å². The van der Waals surface area contributed by atoms with E-state index in [1.165, 1.54) is 45.4 Å². The number of aromatic nitrogens is 2. The first-order valence-electron chi connectivity index (χ1n) is 8.44. The van der Waals surface area contributed by atoms with Crippen LogP contribution in [0.5, 0.6) is 0 Å². The van der Waals surface area contributed by atoms with Gasteiger partial charge in [-0.05, 0) is 65.4 Å². The molecule has 1 aromatic rings. The molecule has 0 bridgehead atoms. The summed E-state index contributed by atoms with van der Waals surface area (Å²) in [5.74, 6) is 1.61. The van der Waals surface area contributed by atoms with Gasteiger partial charge in [0.2, 0.25) is 0 Å². The van der Waals surface area contributed by atoms with Crippen LogP contribution in [0.2, 0.25) is 0 Å². The second-order valence-corrected chi connectivity index (χ2v) is 6.65. The highest BCUT2D eigenvalue weighted by molar-refractivity contribution is 5.12. The van der Waals surface area contributed by atoms with E-state index in [0.717, 1.165) is 29.8 Å². The fourth-order valence-corrected chi connectivity index (χ4v) is 3.87. The van der Waals surface area contributed by atoms with E-state index >= 15 is 0 Å². The zero-order chi connectivity index (χ0) is 14.8. The minimum Gasteiger partial charge on any atom is -0.303 e. The van der Waals surface area contributed by atoms with Crippen molar-refractivity contribution in [2.75, 3.05) is 32.7 Å². The summed E-state index contributed by atoms with van der Waals surface area (Å²) in [6.07, 6.45) is 3.87. The summed E-state index contributed by atoms with van der Waals surface area (Å²) in [5, 5.41) is 0. The molecule has 3 rings (SSSR count). The van der Waals surface area contributed by atoms with E-state index in [4.69, 9.17) is 0 Å². The minimum atomic E-state index is 0.535. The van der Waals surface area contributed by atoms with Gasteiger partial charge in [0.25, 0.3) is 0 Å². The molecule has 0 spiro atoms. The molecule has 0 radical (unpaired) electrons. The zero-order valence-electron chi connectivity index (χ0n) is 13.7. The molecule has 0 N–H and O–H groups in total. The van der Waals surface area contributed by atoms with Gasteiger partial charge in [-0.2, -0.15) is 0 Å². The molecule has 0 amide bonds. The molecule has 21 heavy (non-hydrogen) atoms. The molecule has 4 nitrogen and oxygen atoms in total. The Hall–Kier alpha value is -1.00. The highest BCUT2D eigenvalue weighted by Gasteiger charge is 2.32. The van der Waals surface area contributed by atoms with Crippen LogP contribution < -0.4 is 0 Å². The van der Waals surface area contributed by atoms with Crippen LogP contribution in [0.1, 0.15) is 49.3 Å². The van der Waals surface area contributed by atoms with Crippen molar-refractivity contribution in [2.45, 2.75) is 52.0 Å². The number of nitrogens with zero attached hydrogens (tertiary/aromatic N) is 4. The van der Waals surface area contributed by atoms with Crippen LogP contribution in [-0.2, 0) is 0 Å². The van der Waals surface area contributed by atoms with E-state index in [1.54, 1.807) is 0 Å². The largest absolute Gasteiger partial charge is 0.303 e. The maximum atomic E-state index is 4.67. The second kappa shape index (κ2) is 6.41. The molecule has 2 aliphatic heterocycles. The smallest absolute Gasteiger partial charge is 0.133 e. The van der Waals surface area contributed by atoms with Gasteiger partial charge < -0.3 is 4.90 Å². The summed E-state index contributed by atoms with van der Waals surface area (Å²) in [6.45, 7) is 12.5. The first kappa shape index (κ1) is 14.9. The van der Waals surface area contributed by atoms with Crippen LogP contribution >= 0.6 is 0 Å². The third-order valence-corrected chi connectivity index (χ3v) is 5.11. The molecule has 2 aliphatic rings. The maximum Gasteiger partial charge on any atom is 0.133 e. The molecule has 0 saturated carbocycles. The van der Waals surface area contributed by atoms with E-state index < -0.39 is 0 Å². The number of aryl methyl sites for hydroxylation is 2. The zero-order valence-corrected chi connectivity index (χ0v) is 13.7. The van der Waals surface area contributed by atoms with Crippen LogP contribution in [0.25, 0.3) is 0 Å². The average Bonchev–Trinajstić information content (AvgIpc) is 2.96. The predicted molar refractivity (Wildman–Crippen MR) is 85.6 cm³/mol. The summed E-state index contributed by atoms with van der Waals surface area (Å²) < 4.78 is 0. The molecule has 1 aromatic heterocycles. The lowest BCUT2D eigenvalue weighted by Gasteiger charge is -2.36. The third-order valence-electron chi connectivity index (χ3n) is 5.11. The lowest BCUT2D eigenvalue weighted by molar-refractivity contribution is 0.129. The van der Waals surface area contributed by atoms with Gasteiger partial charge in [-0.1, -0.05) is 6.92 Å². The van der Waals surface area contributed by atoms with Crippen molar-refractivity contribution in [3.05, 3.63) is 23.3 Å². The van der Waals surface area contributed by atoms with Crippen molar-refractivity contribution in [3.63, 3.8) is 0 Å². The van der Waals surface area contributed by atoms with Crippen molar-refractivity contribution < 1.29 is 0 Å². The topological polar surface area (TPSA) is 32.3 Å². The molecule has 0 unspecified atom stereocenters. The Morgan fingerprint density at radius 1 is 1.05 bits per heavy atom. The van der Waals surface area contributed by atoms with Crippen LogP contribution in [0.4, 0.5) is 0 Å². The molecular weight excluding hydrogens is 260 g/mol. The molecule has 2 fully saturated rings. The van der Waals surface area contributed by atoms with Crippen molar-refractivity contribution in [2.24, 2.45) is 0 Å². The SMILES string of the molecule is CCN1CCC(N2CC[C@@H](c3nc(C)cc(C)n3)C2)CC1. The standard InChI is InChI=1S/C17H28N4/c1-4-20-8-6-16(7-9-20)21-10-5-15(12-21)17-18-13(2)11-14(3)19-17/h11,15-16H,4-10,12H2,1-3H3/t15-/m1/s1. The minimum absolute atomic E-state index is 0.535. The van der Waals surface area contributed by atoms with E-state index in [2.05, 4.69) is 46.6 Å². The predicted octanol–water partition coefficient (Wildman–Crippen LogP) is 2.37. The number of hydrogen-bond acceptors (Lipinski definition) is 4. The van der Waals surface area contributed by atoms with Crippen LogP contribution in [0, 0.1) is 13.8 Å². The monoisotopic (exact) mass is 288 g/mol. The Morgan fingerprint density at radius 2 is 1.71 bits per heavy atom. The summed E-state index contributed by atoms with van der Waals surface area (Å²) in [6, 6.07) is 2.85. The van der Waals surface area contributed by atoms with Crippen LogP contribution in [0.3, 0.4) is 0 Å². The highest BCUT2D eigenvalue weighted by Crippen LogP contribution is 2.29. The van der Waals surface area contributed by atoms with E-state index in [1.807, 2.05) is 0 Å². The number of piperidine rings is 1. The Kier molecular flexibility index (Phi) is 4.55. The molecule has 0 aliphatic carbocycles. The van der Waals surface area contributed by atoms with Gasteiger partial charge in [0.15, 0.2) is 0 Å². The Balaban J connectivity index is 1.60. The molecule has 1 atom stereocenters. The quantitative estimate of drug-likeness (QED) is 0.855. The first-order chi connectivity index (χ1) is 10.2. The highest BCUT2D eigenvalue weighted by atomic mass is 15.2. The molecule has 2 saturated heterocycles. The average molecular weight is 288 g/mol. The molecule has 4 heteroatoms. The van der Waals surface area contributed by atoms with Gasteiger partial charge in [0.05, 0.1) is 0 Å². The summed E-state index contributed by atoms with van der Waals surface area (Å²) in [5.41, 5.74) is 2.21. The molecule has 0 aromatic carbocycles. The fourth-order valence-electron chi connectivity index (χ4n) is 3.87. The van der Waals surface area contributed by atoms with E-state index in [-0.39, 0.29) is 0 Å². The molecular formula is C17H28N4.